The third-order valence-corrected chi connectivity index (χ3v) is 3.87. The van der Waals surface area contributed by atoms with Gasteiger partial charge in [-0.25, -0.2) is 0 Å². The molecule has 1 aliphatic rings. The Morgan fingerprint density at radius 1 is 0.889 bits per heavy atom. The summed E-state index contributed by atoms with van der Waals surface area (Å²) in [5.74, 6) is 0.242. The molecule has 1 saturated carbocycles. The minimum atomic E-state index is -0.664. The van der Waals surface area contributed by atoms with Gasteiger partial charge in [-0.05, 0) is 24.0 Å². The molecule has 2 heteroatoms. The Kier molecular flexibility index (Phi) is 3.99. The molecule has 18 heavy (non-hydrogen) atoms. The number of hydrogen-bond acceptors (Lipinski definition) is 1. The molecule has 1 radical (unpaired) electrons. The molecule has 2 unspecified atom stereocenters. The van der Waals surface area contributed by atoms with Crippen LogP contribution in [0.2, 0.25) is 0 Å². The molecule has 0 spiro atoms. The fraction of sp³-hybridized carbons (Fsp3) is 0.250. The molecule has 0 aliphatic heterocycles. The first-order valence-corrected chi connectivity index (χ1v) is 6.13. The van der Waals surface area contributed by atoms with Crippen molar-refractivity contribution in [2.75, 3.05) is 0 Å². The Hall–Kier alpha value is -0.977. The molecule has 1 N–H and O–H groups in total. The summed E-state index contributed by atoms with van der Waals surface area (Å²) in [4.78, 5) is 0. The van der Waals surface area contributed by atoms with Crippen molar-refractivity contribution in [3.63, 3.8) is 0 Å². The van der Waals surface area contributed by atoms with Crippen LogP contribution in [0, 0.1) is 0 Å². The fourth-order valence-corrected chi connectivity index (χ4v) is 2.76. The van der Waals surface area contributed by atoms with E-state index in [2.05, 4.69) is 12.1 Å². The van der Waals surface area contributed by atoms with Gasteiger partial charge in [0.25, 0.3) is 0 Å². The van der Waals surface area contributed by atoms with Crippen LogP contribution in [-0.4, -0.2) is 5.11 Å². The average molecular weight is 327 g/mol. The average Bonchev–Trinajstić information content (AvgIpc) is 2.39. The molecule has 1 fully saturated rings. The van der Waals surface area contributed by atoms with E-state index < -0.39 is 5.60 Å². The van der Waals surface area contributed by atoms with Gasteiger partial charge in [0, 0.05) is 25.4 Å². The normalized spacial score (nSPS) is 25.9. The first-order chi connectivity index (χ1) is 8.31. The van der Waals surface area contributed by atoms with Crippen LogP contribution < -0.4 is 0 Å². The van der Waals surface area contributed by atoms with Gasteiger partial charge in [0.15, 0.2) is 0 Å². The minimum absolute atomic E-state index is 0. The van der Waals surface area contributed by atoms with E-state index >= 15 is 0 Å². The maximum Gasteiger partial charge on any atom is 0.0964 e. The summed E-state index contributed by atoms with van der Waals surface area (Å²) >= 11 is 0. The summed E-state index contributed by atoms with van der Waals surface area (Å²) in [6.07, 6.45) is 1.92. The zero-order valence-electron chi connectivity index (χ0n) is 10.0. The summed E-state index contributed by atoms with van der Waals surface area (Å²) in [7, 11) is 0. The van der Waals surface area contributed by atoms with E-state index in [1.165, 1.54) is 5.56 Å². The fourth-order valence-electron chi connectivity index (χ4n) is 2.76. The second-order valence-corrected chi connectivity index (χ2v) is 4.79. The molecule has 0 aromatic heterocycles. The van der Waals surface area contributed by atoms with E-state index in [0.717, 1.165) is 18.4 Å². The Morgan fingerprint density at radius 2 is 1.44 bits per heavy atom. The van der Waals surface area contributed by atoms with Gasteiger partial charge < -0.3 is 5.11 Å². The second-order valence-electron chi connectivity index (χ2n) is 4.79. The molecule has 2 aromatic carbocycles. The quantitative estimate of drug-likeness (QED) is 0.838. The monoisotopic (exact) mass is 327 g/mol. The van der Waals surface area contributed by atoms with Crippen LogP contribution in [0.5, 0.6) is 0 Å². The van der Waals surface area contributed by atoms with Gasteiger partial charge in [0.05, 0.1) is 5.60 Å². The number of rotatable bonds is 2. The molecule has 3 rings (SSSR count). The molecule has 1 nitrogen and oxygen atoms in total. The molecular formula is C16H16ORh. The summed E-state index contributed by atoms with van der Waals surface area (Å²) in [6, 6.07) is 20.3. The molecular weight excluding hydrogens is 311 g/mol. The van der Waals surface area contributed by atoms with Crippen LogP contribution in [0.4, 0.5) is 0 Å². The van der Waals surface area contributed by atoms with Gasteiger partial charge in [-0.3, -0.25) is 0 Å². The first-order valence-electron chi connectivity index (χ1n) is 6.13. The number of hydrogen-bond donors (Lipinski definition) is 1. The smallest absolute Gasteiger partial charge is 0.0964 e. The molecule has 0 saturated heterocycles. The largest absolute Gasteiger partial charge is 0.385 e. The zero-order valence-corrected chi connectivity index (χ0v) is 11.7. The van der Waals surface area contributed by atoms with Gasteiger partial charge in [-0.2, -0.15) is 0 Å². The van der Waals surface area contributed by atoms with Gasteiger partial charge >= 0.3 is 0 Å². The third kappa shape index (κ3) is 2.16. The van der Waals surface area contributed by atoms with Crippen LogP contribution in [0.3, 0.4) is 0 Å². The molecule has 2 atom stereocenters. The molecule has 0 bridgehead atoms. The minimum Gasteiger partial charge on any atom is -0.385 e. The topological polar surface area (TPSA) is 20.2 Å². The SMILES string of the molecule is OC1(c2ccccc2)CCC1c1ccccc1.[Rh]. The summed E-state index contributed by atoms with van der Waals surface area (Å²) in [5, 5.41) is 10.8. The van der Waals surface area contributed by atoms with Crippen molar-refractivity contribution in [1.82, 2.24) is 0 Å². The van der Waals surface area contributed by atoms with Crippen molar-refractivity contribution in [3.8, 4) is 0 Å². The van der Waals surface area contributed by atoms with E-state index in [4.69, 9.17) is 0 Å². The standard InChI is InChI=1S/C16H16O.Rh/c17-16(14-9-5-2-6-10-14)12-11-15(16)13-7-3-1-4-8-13;/h1-10,15,17H,11-12H2;. The molecule has 95 valence electrons. The van der Waals surface area contributed by atoms with Gasteiger partial charge in [0.1, 0.15) is 0 Å². The Balaban J connectivity index is 0.00000120. The van der Waals surface area contributed by atoms with Crippen molar-refractivity contribution in [2.24, 2.45) is 0 Å². The Labute approximate surface area is 121 Å². The number of aliphatic hydroxyl groups is 1. The summed E-state index contributed by atoms with van der Waals surface area (Å²) in [6.45, 7) is 0. The third-order valence-electron chi connectivity index (χ3n) is 3.87. The second kappa shape index (κ2) is 5.34. The van der Waals surface area contributed by atoms with Crippen LogP contribution >= 0.6 is 0 Å². The molecule has 1 aliphatic carbocycles. The van der Waals surface area contributed by atoms with Crippen molar-refractivity contribution in [1.29, 1.82) is 0 Å². The first kappa shape index (κ1) is 13.5. The molecule has 2 aromatic rings. The summed E-state index contributed by atoms with van der Waals surface area (Å²) < 4.78 is 0. The predicted octanol–water partition coefficient (Wildman–Crippen LogP) is 3.45. The van der Waals surface area contributed by atoms with E-state index in [0.29, 0.717) is 0 Å². The Morgan fingerprint density at radius 3 is 1.94 bits per heavy atom. The molecule has 0 heterocycles. The van der Waals surface area contributed by atoms with Gasteiger partial charge in [0.2, 0.25) is 0 Å². The van der Waals surface area contributed by atoms with Crippen LogP contribution in [0.1, 0.15) is 29.9 Å². The van der Waals surface area contributed by atoms with Crippen LogP contribution in [0.15, 0.2) is 60.7 Å². The zero-order chi connectivity index (χ0) is 11.7. The molecule has 0 amide bonds. The van der Waals surface area contributed by atoms with E-state index in [1.54, 1.807) is 0 Å². The number of benzene rings is 2. The Bertz CT molecular complexity index is 497. The van der Waals surface area contributed by atoms with Crippen molar-refractivity contribution >= 4 is 0 Å². The summed E-state index contributed by atoms with van der Waals surface area (Å²) in [5.41, 5.74) is 1.62. The van der Waals surface area contributed by atoms with Crippen molar-refractivity contribution in [3.05, 3.63) is 71.8 Å². The maximum absolute atomic E-state index is 10.8. The van der Waals surface area contributed by atoms with E-state index in [-0.39, 0.29) is 25.4 Å². The van der Waals surface area contributed by atoms with Crippen LogP contribution in [0.25, 0.3) is 0 Å². The van der Waals surface area contributed by atoms with Crippen LogP contribution in [-0.2, 0) is 25.1 Å². The maximum atomic E-state index is 10.8. The van der Waals surface area contributed by atoms with Gasteiger partial charge in [-0.15, -0.1) is 0 Å². The van der Waals surface area contributed by atoms with Crippen molar-refractivity contribution in [2.45, 2.75) is 24.4 Å². The van der Waals surface area contributed by atoms with E-state index in [1.807, 2.05) is 48.5 Å². The van der Waals surface area contributed by atoms with Crippen molar-refractivity contribution < 1.29 is 24.6 Å². The van der Waals surface area contributed by atoms with Gasteiger partial charge in [-0.1, -0.05) is 60.7 Å². The van der Waals surface area contributed by atoms with E-state index in [9.17, 15) is 5.11 Å². The predicted molar refractivity (Wildman–Crippen MR) is 68.8 cm³/mol.